The van der Waals surface area contributed by atoms with Crippen molar-refractivity contribution in [1.82, 2.24) is 0 Å². The van der Waals surface area contributed by atoms with E-state index in [9.17, 15) is 0 Å². The Bertz CT molecular complexity index is 1070. The van der Waals surface area contributed by atoms with Crippen molar-refractivity contribution in [3.05, 3.63) is 103 Å². The summed E-state index contributed by atoms with van der Waals surface area (Å²) in [6, 6.07) is 34.2. The fraction of sp³-hybridized carbons (Fsp3) is 0.0400. The van der Waals surface area contributed by atoms with Crippen molar-refractivity contribution >= 4 is 23.1 Å². The molecule has 2 heteroatoms. The summed E-state index contributed by atoms with van der Waals surface area (Å²) in [5.74, 6) is 1.90. The van der Waals surface area contributed by atoms with E-state index in [1.807, 2.05) is 12.1 Å². The van der Waals surface area contributed by atoms with Gasteiger partial charge in [0, 0.05) is 0 Å². The molecule has 0 saturated heterocycles. The van der Waals surface area contributed by atoms with Gasteiger partial charge in [0.15, 0.2) is 0 Å². The van der Waals surface area contributed by atoms with Crippen LogP contribution in [0.1, 0.15) is 5.56 Å². The topological polar surface area (TPSA) is 9.23 Å². The van der Waals surface area contributed by atoms with E-state index in [0.717, 1.165) is 11.5 Å². The summed E-state index contributed by atoms with van der Waals surface area (Å²) in [4.78, 5) is 0. The third kappa shape index (κ3) is 2.84. The van der Waals surface area contributed by atoms with Gasteiger partial charge in [-0.3, -0.25) is 0 Å². The van der Waals surface area contributed by atoms with Gasteiger partial charge in [-0.15, -0.1) is 0 Å². The second kappa shape index (κ2) is 6.48. The molecule has 0 unspecified atom stereocenters. The molecule has 0 amide bonds. The highest BCUT2D eigenvalue weighted by Crippen LogP contribution is 2.25. The van der Waals surface area contributed by atoms with E-state index >= 15 is 0 Å². The molecule has 27 heavy (non-hydrogen) atoms. The van der Waals surface area contributed by atoms with Crippen LogP contribution in [-0.2, 0) is 0 Å². The predicted molar refractivity (Wildman–Crippen MR) is 114 cm³/mol. The largest absolute Gasteiger partial charge is 0.458 e. The average Bonchev–Trinajstić information content (AvgIpc) is 2.72. The zero-order chi connectivity index (χ0) is 18.2. The Kier molecular flexibility index (Phi) is 3.83. The maximum absolute atomic E-state index is 6.17. The van der Waals surface area contributed by atoms with Crippen LogP contribution in [0.25, 0.3) is 11.1 Å². The Labute approximate surface area is 160 Å². The van der Waals surface area contributed by atoms with Gasteiger partial charge in [-0.1, -0.05) is 96.0 Å². The minimum Gasteiger partial charge on any atom is -0.458 e. The SMILES string of the molecule is Cc1cc(B2c3ccccc3Oc3ccccc32)cc(-c2ccccc2)c1. The molecule has 0 saturated carbocycles. The monoisotopic (exact) mass is 346 g/mol. The first kappa shape index (κ1) is 16.0. The molecule has 0 radical (unpaired) electrons. The van der Waals surface area contributed by atoms with Crippen molar-refractivity contribution in [3.63, 3.8) is 0 Å². The number of ether oxygens (including phenoxy) is 1. The van der Waals surface area contributed by atoms with Gasteiger partial charge in [0.25, 0.3) is 6.71 Å². The Morgan fingerprint density at radius 2 is 1.19 bits per heavy atom. The van der Waals surface area contributed by atoms with Crippen LogP contribution >= 0.6 is 0 Å². The molecule has 4 aromatic carbocycles. The van der Waals surface area contributed by atoms with Crippen molar-refractivity contribution in [2.75, 3.05) is 0 Å². The minimum absolute atomic E-state index is 0.175. The van der Waals surface area contributed by atoms with Gasteiger partial charge in [-0.05, 0) is 41.1 Å². The van der Waals surface area contributed by atoms with Gasteiger partial charge in [-0.2, -0.15) is 0 Å². The lowest BCUT2D eigenvalue weighted by Crippen LogP contribution is -2.54. The Morgan fingerprint density at radius 3 is 1.85 bits per heavy atom. The van der Waals surface area contributed by atoms with Gasteiger partial charge in [0.2, 0.25) is 0 Å². The molecule has 1 aliphatic rings. The molecule has 4 aromatic rings. The minimum atomic E-state index is 0.175. The number of hydrogen-bond donors (Lipinski definition) is 0. The van der Waals surface area contributed by atoms with Crippen LogP contribution in [-0.4, -0.2) is 6.71 Å². The van der Waals surface area contributed by atoms with E-state index in [-0.39, 0.29) is 6.71 Å². The second-order valence-corrected chi connectivity index (χ2v) is 7.11. The van der Waals surface area contributed by atoms with Crippen LogP contribution in [0.15, 0.2) is 97.1 Å². The summed E-state index contributed by atoms with van der Waals surface area (Å²) in [6.07, 6.45) is 0. The molecule has 5 rings (SSSR count). The highest BCUT2D eigenvalue weighted by molar-refractivity contribution is 6.97. The molecule has 128 valence electrons. The van der Waals surface area contributed by atoms with Gasteiger partial charge >= 0.3 is 0 Å². The first-order valence-corrected chi connectivity index (χ1v) is 9.32. The van der Waals surface area contributed by atoms with Crippen molar-refractivity contribution in [3.8, 4) is 22.6 Å². The molecule has 0 N–H and O–H groups in total. The van der Waals surface area contributed by atoms with E-state index < -0.39 is 0 Å². The normalized spacial score (nSPS) is 12.1. The standard InChI is InChI=1S/C25H19BO/c1-18-15-20(19-9-3-2-4-10-19)17-21(16-18)26-22-11-5-7-13-24(22)27-25-14-8-6-12-23(25)26/h2-17H,1H3. The molecule has 0 bridgehead atoms. The summed E-state index contributed by atoms with van der Waals surface area (Å²) in [5, 5.41) is 0. The maximum Gasteiger partial charge on any atom is 0.250 e. The van der Waals surface area contributed by atoms with Crippen LogP contribution in [0.4, 0.5) is 0 Å². The van der Waals surface area contributed by atoms with Gasteiger partial charge in [0.05, 0.1) is 0 Å². The molecule has 0 atom stereocenters. The lowest BCUT2D eigenvalue weighted by molar-refractivity contribution is 0.487. The molecular formula is C25H19BO. The van der Waals surface area contributed by atoms with Crippen LogP contribution in [0.5, 0.6) is 11.5 Å². The van der Waals surface area contributed by atoms with E-state index in [0.29, 0.717) is 0 Å². The molecule has 1 aliphatic heterocycles. The van der Waals surface area contributed by atoms with Crippen LogP contribution < -0.4 is 21.1 Å². The molecule has 0 aromatic heterocycles. The molecule has 0 fully saturated rings. The number of para-hydroxylation sites is 2. The van der Waals surface area contributed by atoms with Crippen LogP contribution in [0, 0.1) is 6.92 Å². The van der Waals surface area contributed by atoms with E-state index in [1.54, 1.807) is 0 Å². The summed E-state index contributed by atoms with van der Waals surface area (Å²) in [6.45, 7) is 2.35. The van der Waals surface area contributed by atoms with E-state index in [2.05, 4.69) is 91.9 Å². The first-order valence-electron chi connectivity index (χ1n) is 9.32. The highest BCUT2D eigenvalue weighted by Gasteiger charge is 2.32. The smallest absolute Gasteiger partial charge is 0.250 e. The maximum atomic E-state index is 6.17. The average molecular weight is 346 g/mol. The summed E-state index contributed by atoms with van der Waals surface area (Å²) in [7, 11) is 0. The van der Waals surface area contributed by atoms with E-state index in [1.165, 1.54) is 33.1 Å². The molecular weight excluding hydrogens is 327 g/mol. The number of hydrogen-bond acceptors (Lipinski definition) is 1. The van der Waals surface area contributed by atoms with E-state index in [4.69, 9.17) is 4.74 Å². The number of benzene rings is 4. The van der Waals surface area contributed by atoms with Crippen molar-refractivity contribution in [2.45, 2.75) is 6.92 Å². The number of rotatable bonds is 2. The zero-order valence-electron chi connectivity index (χ0n) is 15.2. The molecule has 0 spiro atoms. The fourth-order valence-corrected chi connectivity index (χ4v) is 4.05. The van der Waals surface area contributed by atoms with Crippen LogP contribution in [0.3, 0.4) is 0 Å². The van der Waals surface area contributed by atoms with Crippen molar-refractivity contribution in [2.24, 2.45) is 0 Å². The highest BCUT2D eigenvalue weighted by atomic mass is 16.5. The van der Waals surface area contributed by atoms with Crippen molar-refractivity contribution in [1.29, 1.82) is 0 Å². The zero-order valence-corrected chi connectivity index (χ0v) is 15.2. The quantitative estimate of drug-likeness (QED) is 0.434. The van der Waals surface area contributed by atoms with Crippen LogP contribution in [0.2, 0.25) is 0 Å². The predicted octanol–water partition coefficient (Wildman–Crippen LogP) is 4.28. The Balaban J connectivity index is 1.73. The summed E-state index contributed by atoms with van der Waals surface area (Å²) < 4.78 is 6.17. The van der Waals surface area contributed by atoms with Crippen molar-refractivity contribution < 1.29 is 4.74 Å². The number of aryl methyl sites for hydroxylation is 1. The molecule has 0 aliphatic carbocycles. The molecule has 1 heterocycles. The van der Waals surface area contributed by atoms with Gasteiger partial charge in [-0.25, -0.2) is 0 Å². The molecule has 1 nitrogen and oxygen atoms in total. The second-order valence-electron chi connectivity index (χ2n) is 7.11. The van der Waals surface area contributed by atoms with Gasteiger partial charge < -0.3 is 4.74 Å². The Hall–Kier alpha value is -3.26. The summed E-state index contributed by atoms with van der Waals surface area (Å²) in [5.41, 5.74) is 7.52. The fourth-order valence-electron chi connectivity index (χ4n) is 4.05. The summed E-state index contributed by atoms with van der Waals surface area (Å²) >= 11 is 0. The third-order valence-corrected chi connectivity index (χ3v) is 5.22. The first-order chi connectivity index (χ1) is 13.3. The number of fused-ring (bicyclic) bond motifs is 2. The third-order valence-electron chi connectivity index (χ3n) is 5.22. The lowest BCUT2D eigenvalue weighted by Gasteiger charge is -2.27. The Morgan fingerprint density at radius 1 is 0.593 bits per heavy atom. The van der Waals surface area contributed by atoms with Gasteiger partial charge in [0.1, 0.15) is 11.5 Å². The lowest BCUT2D eigenvalue weighted by atomic mass is 9.35.